The van der Waals surface area contributed by atoms with E-state index in [9.17, 15) is 15.3 Å². The molecule has 0 bridgehead atoms. The number of imidazole rings is 1. The molecule has 0 spiro atoms. The third-order valence-corrected chi connectivity index (χ3v) is 4.44. The van der Waals surface area contributed by atoms with E-state index >= 15 is 0 Å². The maximum atomic E-state index is 10.2. The lowest BCUT2D eigenvalue weighted by atomic mass is 10.1. The minimum Gasteiger partial charge on any atom is -0.394 e. The first-order valence-electron chi connectivity index (χ1n) is 7.83. The van der Waals surface area contributed by atoms with Crippen LogP contribution >= 0.6 is 0 Å². The number of hydrogen-bond donors (Lipinski definition) is 3. The summed E-state index contributed by atoms with van der Waals surface area (Å²) in [6.45, 7) is 2.30. The largest absolute Gasteiger partial charge is 0.394 e. The van der Waals surface area contributed by atoms with Crippen LogP contribution in [-0.4, -0.2) is 86.1 Å². The zero-order chi connectivity index (χ0) is 16.7. The fraction of sp³-hybridized carbons (Fsp3) is 0.643. The third kappa shape index (κ3) is 2.43. The van der Waals surface area contributed by atoms with Crippen molar-refractivity contribution in [3.63, 3.8) is 0 Å². The van der Waals surface area contributed by atoms with E-state index in [0.29, 0.717) is 43.3 Å². The Morgan fingerprint density at radius 1 is 1.12 bits per heavy atom. The summed E-state index contributed by atoms with van der Waals surface area (Å²) >= 11 is 0. The number of anilines is 1. The highest BCUT2D eigenvalue weighted by Crippen LogP contribution is 2.32. The normalized spacial score (nSPS) is 31.0. The molecule has 4 rings (SSSR count). The van der Waals surface area contributed by atoms with Crippen molar-refractivity contribution >= 4 is 17.0 Å². The Morgan fingerprint density at radius 2 is 1.92 bits per heavy atom. The van der Waals surface area contributed by atoms with E-state index in [0.717, 1.165) is 0 Å². The zero-order valence-corrected chi connectivity index (χ0v) is 12.9. The number of rotatable bonds is 3. The van der Waals surface area contributed by atoms with Crippen LogP contribution in [0.5, 0.6) is 0 Å². The highest BCUT2D eigenvalue weighted by molar-refractivity contribution is 5.83. The molecule has 2 aromatic rings. The summed E-state index contributed by atoms with van der Waals surface area (Å²) in [5.41, 5.74) is 1.10. The van der Waals surface area contributed by atoms with Gasteiger partial charge in [-0.15, -0.1) is 0 Å². The van der Waals surface area contributed by atoms with Gasteiger partial charge in [0.15, 0.2) is 23.2 Å². The average Bonchev–Trinajstić information content (AvgIpc) is 3.17. The first kappa shape index (κ1) is 15.7. The zero-order valence-electron chi connectivity index (χ0n) is 12.9. The van der Waals surface area contributed by atoms with Crippen molar-refractivity contribution in [1.29, 1.82) is 0 Å². The van der Waals surface area contributed by atoms with Gasteiger partial charge in [0.2, 0.25) is 0 Å². The van der Waals surface area contributed by atoms with Crippen molar-refractivity contribution in [3.05, 3.63) is 12.7 Å². The molecule has 0 aliphatic carbocycles. The molecule has 3 N–H and O–H groups in total. The number of aromatic nitrogens is 4. The quantitative estimate of drug-likeness (QED) is 0.599. The van der Waals surface area contributed by atoms with Crippen LogP contribution < -0.4 is 4.90 Å². The van der Waals surface area contributed by atoms with Gasteiger partial charge in [-0.3, -0.25) is 4.57 Å². The third-order valence-electron chi connectivity index (χ3n) is 4.44. The Hall–Kier alpha value is -1.85. The average molecular weight is 337 g/mol. The SMILES string of the molecule is OC[C@H]1O[C@@H](n2cnc3c(N4CCOCC4)ncnc32)[C@H](O)[C@H]1O. The lowest BCUT2D eigenvalue weighted by Crippen LogP contribution is -2.37. The minimum absolute atomic E-state index is 0.380. The molecule has 0 unspecified atom stereocenters. The molecule has 0 radical (unpaired) electrons. The molecule has 10 heteroatoms. The molecule has 4 atom stereocenters. The van der Waals surface area contributed by atoms with Crippen molar-refractivity contribution in [3.8, 4) is 0 Å². The van der Waals surface area contributed by atoms with E-state index in [1.54, 1.807) is 4.57 Å². The second-order valence-electron chi connectivity index (χ2n) is 5.85. The molecule has 2 aromatic heterocycles. The predicted molar refractivity (Wildman–Crippen MR) is 81.4 cm³/mol. The van der Waals surface area contributed by atoms with Gasteiger partial charge < -0.3 is 29.7 Å². The Labute approximate surface area is 137 Å². The Balaban J connectivity index is 1.71. The van der Waals surface area contributed by atoms with Crippen LogP contribution in [-0.2, 0) is 9.47 Å². The van der Waals surface area contributed by atoms with Crippen LogP contribution in [0.15, 0.2) is 12.7 Å². The number of hydrogen-bond acceptors (Lipinski definition) is 9. The standard InChI is InChI=1S/C14H19N5O5/c20-5-8-10(21)11(22)14(24-8)19-7-17-9-12(15-6-16-13(9)19)18-1-3-23-4-2-18/h6-8,10-11,14,20-22H,1-5H2/t8-,10+,11-,14-/m1/s1. The second kappa shape index (κ2) is 6.22. The number of ether oxygens (including phenoxy) is 2. The first-order valence-corrected chi connectivity index (χ1v) is 7.83. The summed E-state index contributed by atoms with van der Waals surface area (Å²) in [4.78, 5) is 15.0. The summed E-state index contributed by atoms with van der Waals surface area (Å²) in [5.74, 6) is 0.703. The number of aliphatic hydroxyl groups is 3. The van der Waals surface area contributed by atoms with Gasteiger partial charge in [-0.25, -0.2) is 15.0 Å². The van der Waals surface area contributed by atoms with E-state index in [-0.39, 0.29) is 6.61 Å². The fourth-order valence-corrected chi connectivity index (χ4v) is 3.14. The molecule has 2 fully saturated rings. The Bertz CT molecular complexity index is 719. The summed E-state index contributed by atoms with van der Waals surface area (Å²) < 4.78 is 12.5. The number of fused-ring (bicyclic) bond motifs is 1. The molecular formula is C14H19N5O5. The van der Waals surface area contributed by atoms with Crippen LogP contribution in [0.3, 0.4) is 0 Å². The topological polar surface area (TPSA) is 126 Å². The van der Waals surface area contributed by atoms with E-state index in [4.69, 9.17) is 9.47 Å². The van der Waals surface area contributed by atoms with Gasteiger partial charge in [0.1, 0.15) is 24.6 Å². The summed E-state index contributed by atoms with van der Waals surface area (Å²) in [7, 11) is 0. The molecule has 10 nitrogen and oxygen atoms in total. The van der Waals surface area contributed by atoms with Crippen LogP contribution in [0.2, 0.25) is 0 Å². The van der Waals surface area contributed by atoms with Gasteiger partial charge in [-0.2, -0.15) is 0 Å². The molecular weight excluding hydrogens is 318 g/mol. The molecule has 24 heavy (non-hydrogen) atoms. The lowest BCUT2D eigenvalue weighted by molar-refractivity contribution is -0.0511. The van der Waals surface area contributed by atoms with E-state index in [2.05, 4.69) is 19.9 Å². The Kier molecular flexibility index (Phi) is 4.06. The van der Waals surface area contributed by atoms with E-state index < -0.39 is 24.5 Å². The molecule has 0 aromatic carbocycles. The molecule has 2 aliphatic heterocycles. The van der Waals surface area contributed by atoms with Crippen molar-refractivity contribution in [2.24, 2.45) is 0 Å². The molecule has 130 valence electrons. The van der Waals surface area contributed by atoms with Crippen molar-refractivity contribution < 1.29 is 24.8 Å². The number of aliphatic hydroxyl groups excluding tert-OH is 3. The van der Waals surface area contributed by atoms with E-state index in [1.807, 2.05) is 0 Å². The Morgan fingerprint density at radius 3 is 2.62 bits per heavy atom. The highest BCUT2D eigenvalue weighted by Gasteiger charge is 2.44. The predicted octanol–water partition coefficient (Wildman–Crippen LogP) is -1.73. The minimum atomic E-state index is -1.18. The van der Waals surface area contributed by atoms with Gasteiger partial charge in [-0.1, -0.05) is 0 Å². The van der Waals surface area contributed by atoms with Crippen LogP contribution in [0.4, 0.5) is 5.82 Å². The molecule has 4 heterocycles. The maximum Gasteiger partial charge on any atom is 0.167 e. The van der Waals surface area contributed by atoms with Crippen LogP contribution in [0, 0.1) is 0 Å². The van der Waals surface area contributed by atoms with E-state index in [1.165, 1.54) is 12.7 Å². The monoisotopic (exact) mass is 337 g/mol. The first-order chi connectivity index (χ1) is 11.7. The summed E-state index contributed by atoms with van der Waals surface area (Å²) in [6, 6.07) is 0. The van der Waals surface area contributed by atoms with Crippen molar-refractivity contribution in [1.82, 2.24) is 19.5 Å². The molecule has 0 saturated carbocycles. The second-order valence-corrected chi connectivity index (χ2v) is 5.85. The summed E-state index contributed by atoms with van der Waals surface area (Å²) in [6.07, 6.45) is -1.12. The molecule has 2 aliphatic rings. The van der Waals surface area contributed by atoms with Gasteiger partial charge in [0, 0.05) is 13.1 Å². The smallest absolute Gasteiger partial charge is 0.167 e. The lowest BCUT2D eigenvalue weighted by Gasteiger charge is -2.27. The van der Waals surface area contributed by atoms with Gasteiger partial charge in [0.05, 0.1) is 26.1 Å². The number of morpholine rings is 1. The summed E-state index contributed by atoms with van der Waals surface area (Å²) in [5, 5.41) is 29.4. The molecule has 2 saturated heterocycles. The van der Waals surface area contributed by atoms with Crippen LogP contribution in [0.1, 0.15) is 6.23 Å². The van der Waals surface area contributed by atoms with Gasteiger partial charge in [-0.05, 0) is 0 Å². The number of nitrogens with zero attached hydrogens (tertiary/aromatic N) is 5. The molecule has 0 amide bonds. The van der Waals surface area contributed by atoms with Crippen molar-refractivity contribution in [2.45, 2.75) is 24.5 Å². The van der Waals surface area contributed by atoms with Crippen LogP contribution in [0.25, 0.3) is 11.2 Å². The fourth-order valence-electron chi connectivity index (χ4n) is 3.14. The highest BCUT2D eigenvalue weighted by atomic mass is 16.6. The van der Waals surface area contributed by atoms with Gasteiger partial charge >= 0.3 is 0 Å². The van der Waals surface area contributed by atoms with Gasteiger partial charge in [0.25, 0.3) is 0 Å². The van der Waals surface area contributed by atoms with Crippen molar-refractivity contribution in [2.75, 3.05) is 37.8 Å². The maximum absolute atomic E-state index is 10.2.